The molecule has 0 saturated carbocycles. The molecule has 2 N–H and O–H groups in total. The van der Waals surface area contributed by atoms with E-state index in [4.69, 9.17) is 0 Å². The van der Waals surface area contributed by atoms with Crippen molar-refractivity contribution in [1.29, 1.82) is 5.26 Å². The van der Waals surface area contributed by atoms with E-state index in [0.29, 0.717) is 23.4 Å². The van der Waals surface area contributed by atoms with Crippen LogP contribution in [-0.4, -0.2) is 35.2 Å². The molecule has 166 valence electrons. The van der Waals surface area contributed by atoms with Gasteiger partial charge in [-0.15, -0.1) is 0 Å². The lowest BCUT2D eigenvalue weighted by Crippen LogP contribution is -2.58. The molecule has 1 spiro atoms. The van der Waals surface area contributed by atoms with Crippen LogP contribution in [0.2, 0.25) is 0 Å². The molecule has 0 radical (unpaired) electrons. The quantitative estimate of drug-likeness (QED) is 0.456. The Morgan fingerprint density at radius 1 is 1.03 bits per heavy atom. The van der Waals surface area contributed by atoms with Crippen LogP contribution in [0.25, 0.3) is 10.9 Å². The first kappa shape index (κ1) is 20.4. The number of Topliss-reactive ketones (excluding diaryl/α,β-unsaturated/α-hetero) is 1. The summed E-state index contributed by atoms with van der Waals surface area (Å²) in [6.45, 7) is 0.382. The number of hydrogen-bond acceptors (Lipinski definition) is 4. The number of carbonyl (C=O) groups excluding carboxylic acids is 2. The third-order valence-corrected chi connectivity index (χ3v) is 7.59. The number of nitriles is 1. The Morgan fingerprint density at radius 2 is 1.74 bits per heavy atom. The van der Waals surface area contributed by atoms with E-state index in [-0.39, 0.29) is 11.7 Å². The van der Waals surface area contributed by atoms with E-state index in [0.717, 1.165) is 16.5 Å². The minimum atomic E-state index is -1.69. The van der Waals surface area contributed by atoms with Crippen molar-refractivity contribution >= 4 is 28.3 Å². The molecule has 3 aromatic carbocycles. The number of ketones is 1. The number of aromatic nitrogens is 1. The highest BCUT2D eigenvalue weighted by Crippen LogP contribution is 2.63. The van der Waals surface area contributed by atoms with E-state index < -0.39 is 16.9 Å². The van der Waals surface area contributed by atoms with Gasteiger partial charge in [-0.1, -0.05) is 66.7 Å². The maximum atomic E-state index is 14.7. The van der Waals surface area contributed by atoms with E-state index in [1.165, 1.54) is 0 Å². The van der Waals surface area contributed by atoms with Crippen LogP contribution >= 0.6 is 0 Å². The topological polar surface area (TPSA) is 89.0 Å². The first-order valence-corrected chi connectivity index (χ1v) is 11.2. The Morgan fingerprint density at radius 3 is 2.53 bits per heavy atom. The molecule has 1 aromatic heterocycles. The van der Waals surface area contributed by atoms with Gasteiger partial charge in [0, 0.05) is 46.4 Å². The molecule has 0 bridgehead atoms. The molecule has 6 rings (SSSR count). The van der Waals surface area contributed by atoms with Gasteiger partial charge in [-0.25, -0.2) is 0 Å². The van der Waals surface area contributed by atoms with Crippen LogP contribution in [0.15, 0.2) is 85.1 Å². The molecule has 1 amide bonds. The second-order valence-corrected chi connectivity index (χ2v) is 9.05. The van der Waals surface area contributed by atoms with Gasteiger partial charge in [0.25, 0.3) is 5.91 Å². The zero-order valence-corrected chi connectivity index (χ0v) is 18.6. The molecule has 6 heteroatoms. The molecule has 4 aromatic rings. The van der Waals surface area contributed by atoms with Crippen LogP contribution in [-0.2, 0) is 10.3 Å². The summed E-state index contributed by atoms with van der Waals surface area (Å²) in [5.74, 6) is -1.20. The van der Waals surface area contributed by atoms with Crippen LogP contribution in [0.4, 0.5) is 5.69 Å². The van der Waals surface area contributed by atoms with Gasteiger partial charge in [0.1, 0.15) is 0 Å². The van der Waals surface area contributed by atoms with Gasteiger partial charge in [0.2, 0.25) is 0 Å². The second kappa shape index (κ2) is 7.14. The molecule has 0 aliphatic carbocycles. The van der Waals surface area contributed by atoms with Crippen LogP contribution < -0.4 is 5.32 Å². The first-order valence-electron chi connectivity index (χ1n) is 11.2. The van der Waals surface area contributed by atoms with Crippen molar-refractivity contribution in [2.45, 2.75) is 11.5 Å². The molecule has 6 nitrogen and oxygen atoms in total. The normalized spacial score (nSPS) is 25.9. The molecule has 2 aliphatic heterocycles. The van der Waals surface area contributed by atoms with Crippen molar-refractivity contribution in [3.63, 3.8) is 0 Å². The Labute approximate surface area is 196 Å². The van der Waals surface area contributed by atoms with E-state index in [2.05, 4.69) is 16.4 Å². The van der Waals surface area contributed by atoms with Crippen molar-refractivity contribution in [1.82, 2.24) is 9.88 Å². The van der Waals surface area contributed by atoms with Crippen molar-refractivity contribution in [3.05, 3.63) is 102 Å². The first-order chi connectivity index (χ1) is 16.6. The molecule has 1 fully saturated rings. The highest BCUT2D eigenvalue weighted by Gasteiger charge is 2.74. The van der Waals surface area contributed by atoms with Gasteiger partial charge in [-0.05, 0) is 24.7 Å². The van der Waals surface area contributed by atoms with Gasteiger partial charge in [0.05, 0.1) is 6.07 Å². The smallest absolute Gasteiger partial charge is 0.251 e. The number of likely N-dealkylation sites (tertiary alicyclic amines) is 1. The Kier molecular flexibility index (Phi) is 4.29. The predicted octanol–water partition coefficient (Wildman–Crippen LogP) is 4.44. The largest absolute Gasteiger partial charge is 0.360 e. The van der Waals surface area contributed by atoms with E-state index in [1.54, 1.807) is 6.20 Å². The zero-order chi connectivity index (χ0) is 23.5. The molecule has 3 heterocycles. The van der Waals surface area contributed by atoms with Crippen LogP contribution in [0.3, 0.4) is 0 Å². The lowest BCUT2D eigenvalue weighted by Gasteiger charge is -2.41. The third-order valence-electron chi connectivity index (χ3n) is 7.59. The summed E-state index contributed by atoms with van der Waals surface area (Å²) in [6, 6.07) is 26.9. The Bertz CT molecular complexity index is 1500. The highest BCUT2D eigenvalue weighted by molar-refractivity contribution is 6.18. The summed E-state index contributed by atoms with van der Waals surface area (Å²) in [4.78, 5) is 33.6. The number of aromatic amines is 1. The van der Waals surface area contributed by atoms with Gasteiger partial charge in [0.15, 0.2) is 16.7 Å². The Hall–Kier alpha value is -4.21. The van der Waals surface area contributed by atoms with Crippen molar-refractivity contribution in [2.24, 2.45) is 5.41 Å². The van der Waals surface area contributed by atoms with E-state index in [1.807, 2.05) is 90.8 Å². The summed E-state index contributed by atoms with van der Waals surface area (Å²) >= 11 is 0. The van der Waals surface area contributed by atoms with Crippen molar-refractivity contribution in [2.75, 3.05) is 18.9 Å². The fraction of sp³-hybridized carbons (Fsp3) is 0.179. The SMILES string of the molecule is CN1C[C@@H](c2ccccc2)[C@](C#N)(C(=O)c2c[nH]c3ccccc23)[C@]12C(=O)Nc1ccccc12. The lowest BCUT2D eigenvalue weighted by atomic mass is 9.58. The van der Waals surface area contributed by atoms with Crippen molar-refractivity contribution in [3.8, 4) is 6.07 Å². The number of likely N-dealkylation sites (N-methyl/N-ethyl adjacent to an activating group) is 1. The molecular weight excluding hydrogens is 424 g/mol. The standard InChI is InChI=1S/C28H22N4O2/c1-32-16-22(18-9-3-2-4-10-18)27(17-29,25(33)20-15-30-23-13-7-5-11-19(20)23)28(32)21-12-6-8-14-24(21)31-26(28)34/h2-15,22,30H,16H2,1H3,(H,31,34)/t22-,27+,28-/m0/s1. The summed E-state index contributed by atoms with van der Waals surface area (Å²) in [7, 11) is 1.83. The zero-order valence-electron chi connectivity index (χ0n) is 18.6. The average molecular weight is 447 g/mol. The summed E-state index contributed by atoms with van der Waals surface area (Å²) < 4.78 is 0. The number of H-pyrrole nitrogens is 1. The molecule has 34 heavy (non-hydrogen) atoms. The number of benzene rings is 3. The molecule has 2 aliphatic rings. The second-order valence-electron chi connectivity index (χ2n) is 9.05. The molecule has 1 saturated heterocycles. The summed E-state index contributed by atoms with van der Waals surface area (Å²) in [5, 5.41) is 14.7. The van der Waals surface area contributed by atoms with Crippen LogP contribution in [0.1, 0.15) is 27.4 Å². The molecule has 3 atom stereocenters. The highest BCUT2D eigenvalue weighted by atomic mass is 16.2. The monoisotopic (exact) mass is 446 g/mol. The maximum Gasteiger partial charge on any atom is 0.251 e. The van der Waals surface area contributed by atoms with Gasteiger partial charge >= 0.3 is 0 Å². The number of anilines is 1. The number of para-hydroxylation sites is 2. The average Bonchev–Trinajstić information content (AvgIpc) is 3.51. The lowest BCUT2D eigenvalue weighted by molar-refractivity contribution is -0.128. The number of nitrogens with one attached hydrogen (secondary N) is 2. The number of nitrogens with zero attached hydrogens (tertiary/aromatic N) is 2. The molecule has 0 unspecified atom stereocenters. The number of amides is 1. The van der Waals surface area contributed by atoms with E-state index in [9.17, 15) is 14.9 Å². The Balaban J connectivity index is 1.69. The molecular formula is C28H22N4O2. The fourth-order valence-corrected chi connectivity index (χ4v) is 6.16. The fourth-order valence-electron chi connectivity index (χ4n) is 6.16. The number of hydrogen-bond donors (Lipinski definition) is 2. The maximum absolute atomic E-state index is 14.7. The summed E-state index contributed by atoms with van der Waals surface area (Å²) in [5.41, 5.74) is 0.240. The minimum Gasteiger partial charge on any atom is -0.360 e. The van der Waals surface area contributed by atoms with Crippen molar-refractivity contribution < 1.29 is 9.59 Å². The minimum absolute atomic E-state index is 0.343. The van der Waals surface area contributed by atoms with Crippen LogP contribution in [0.5, 0.6) is 0 Å². The number of carbonyl (C=O) groups is 2. The number of rotatable bonds is 3. The van der Waals surface area contributed by atoms with E-state index >= 15 is 0 Å². The van der Waals surface area contributed by atoms with Gasteiger partial charge in [-0.3, -0.25) is 14.5 Å². The predicted molar refractivity (Wildman–Crippen MR) is 129 cm³/mol. The third kappa shape index (κ3) is 2.32. The van der Waals surface area contributed by atoms with Crippen LogP contribution in [0, 0.1) is 16.7 Å². The van der Waals surface area contributed by atoms with Gasteiger partial charge in [-0.2, -0.15) is 5.26 Å². The van der Waals surface area contributed by atoms with Gasteiger partial charge < -0.3 is 10.3 Å². The summed E-state index contributed by atoms with van der Waals surface area (Å²) in [6.07, 6.45) is 1.67. The number of fused-ring (bicyclic) bond motifs is 3.